The molecule has 0 bridgehead atoms. The van der Waals surface area contributed by atoms with Crippen LogP contribution >= 0.6 is 0 Å². The molecular weight excluding hydrogens is 304 g/mol. The maximum Gasteiger partial charge on any atom is 0.258 e. The summed E-state index contributed by atoms with van der Waals surface area (Å²) in [7, 11) is 3.29. The van der Waals surface area contributed by atoms with Crippen LogP contribution in [0.5, 0.6) is 0 Å². The van der Waals surface area contributed by atoms with Gasteiger partial charge in [-0.25, -0.2) is 0 Å². The Morgan fingerprint density at radius 1 is 1.17 bits per heavy atom. The van der Waals surface area contributed by atoms with E-state index in [1.54, 1.807) is 11.9 Å². The Labute approximate surface area is 141 Å². The molecule has 124 valence electrons. The highest BCUT2D eigenvalue weighted by Gasteiger charge is 2.23. The predicted molar refractivity (Wildman–Crippen MR) is 93.0 cm³/mol. The molecular formula is C19H20N2O3. The first-order valence-corrected chi connectivity index (χ1v) is 7.88. The summed E-state index contributed by atoms with van der Waals surface area (Å²) < 4.78 is 5.35. The Bertz CT molecular complexity index is 758. The molecule has 1 aliphatic rings. The molecule has 2 aromatic rings. The number of aryl methyl sites for hydroxylation is 1. The molecule has 0 fully saturated rings. The number of hydrogen-bond acceptors (Lipinski definition) is 3. The van der Waals surface area contributed by atoms with E-state index in [4.69, 9.17) is 4.74 Å². The number of nitrogens with zero attached hydrogens (tertiary/aromatic N) is 1. The Morgan fingerprint density at radius 2 is 1.92 bits per heavy atom. The first-order chi connectivity index (χ1) is 11.6. The molecule has 5 nitrogen and oxygen atoms in total. The van der Waals surface area contributed by atoms with Gasteiger partial charge in [0.25, 0.3) is 5.91 Å². The van der Waals surface area contributed by atoms with Gasteiger partial charge in [-0.1, -0.05) is 30.3 Å². The molecule has 1 atom stereocenters. The van der Waals surface area contributed by atoms with E-state index in [-0.39, 0.29) is 11.8 Å². The van der Waals surface area contributed by atoms with Crippen LogP contribution in [-0.4, -0.2) is 26.0 Å². The number of carbonyl (C=O) groups is 2. The minimum Gasteiger partial charge on any atom is -0.367 e. The zero-order valence-corrected chi connectivity index (χ0v) is 13.8. The monoisotopic (exact) mass is 324 g/mol. The fourth-order valence-electron chi connectivity index (χ4n) is 2.96. The molecule has 24 heavy (non-hydrogen) atoms. The van der Waals surface area contributed by atoms with E-state index >= 15 is 0 Å². The van der Waals surface area contributed by atoms with Gasteiger partial charge in [-0.3, -0.25) is 9.59 Å². The van der Waals surface area contributed by atoms with Crippen molar-refractivity contribution in [2.45, 2.75) is 18.9 Å². The minimum absolute atomic E-state index is 0.114. The number of rotatable bonds is 4. The number of benzene rings is 2. The third kappa shape index (κ3) is 3.16. The molecule has 0 saturated carbocycles. The molecule has 5 heteroatoms. The van der Waals surface area contributed by atoms with E-state index in [1.807, 2.05) is 48.5 Å². The fourth-order valence-corrected chi connectivity index (χ4v) is 2.96. The average molecular weight is 324 g/mol. The van der Waals surface area contributed by atoms with Crippen LogP contribution < -0.4 is 10.2 Å². The van der Waals surface area contributed by atoms with Crippen LogP contribution in [0.4, 0.5) is 11.4 Å². The van der Waals surface area contributed by atoms with Crippen molar-refractivity contribution in [3.63, 3.8) is 0 Å². The van der Waals surface area contributed by atoms with Gasteiger partial charge in [0.2, 0.25) is 5.91 Å². The highest BCUT2D eigenvalue weighted by Crippen LogP contribution is 2.29. The lowest BCUT2D eigenvalue weighted by molar-refractivity contribution is -0.126. The minimum atomic E-state index is -0.661. The van der Waals surface area contributed by atoms with Crippen LogP contribution in [0.3, 0.4) is 0 Å². The zero-order valence-electron chi connectivity index (χ0n) is 13.8. The van der Waals surface area contributed by atoms with Crippen LogP contribution in [0.2, 0.25) is 0 Å². The van der Waals surface area contributed by atoms with Gasteiger partial charge >= 0.3 is 0 Å². The molecule has 0 saturated heterocycles. The Balaban J connectivity index is 1.78. The van der Waals surface area contributed by atoms with Gasteiger partial charge < -0.3 is 15.0 Å². The fraction of sp³-hybridized carbons (Fsp3) is 0.263. The second-order valence-electron chi connectivity index (χ2n) is 5.81. The summed E-state index contributed by atoms with van der Waals surface area (Å²) in [6.07, 6.45) is 0.520. The summed E-state index contributed by atoms with van der Waals surface area (Å²) in [6.45, 7) is 0. The maximum atomic E-state index is 12.5. The molecule has 0 aliphatic carbocycles. The number of anilines is 2. The summed E-state index contributed by atoms with van der Waals surface area (Å²) in [5.74, 6) is -0.105. The van der Waals surface area contributed by atoms with Crippen molar-refractivity contribution in [1.29, 1.82) is 0 Å². The first kappa shape index (κ1) is 16.2. The molecule has 1 heterocycles. The van der Waals surface area contributed by atoms with Gasteiger partial charge in [0.1, 0.15) is 0 Å². The molecule has 3 rings (SSSR count). The SMILES string of the molecule is CO[C@H](C(=O)Nc1ccc2c(c1)CCC(=O)N2C)c1ccccc1. The van der Waals surface area contributed by atoms with Crippen LogP contribution in [0.1, 0.15) is 23.7 Å². The van der Waals surface area contributed by atoms with Crippen LogP contribution in [-0.2, 0) is 20.7 Å². The van der Waals surface area contributed by atoms with Gasteiger partial charge in [0, 0.05) is 32.0 Å². The van der Waals surface area contributed by atoms with E-state index in [9.17, 15) is 9.59 Å². The molecule has 0 radical (unpaired) electrons. The second-order valence-corrected chi connectivity index (χ2v) is 5.81. The number of amides is 2. The van der Waals surface area contributed by atoms with E-state index in [0.29, 0.717) is 18.5 Å². The predicted octanol–water partition coefficient (Wildman–Crippen LogP) is 2.92. The number of methoxy groups -OCH3 is 1. The second kappa shape index (κ2) is 6.84. The van der Waals surface area contributed by atoms with Crippen molar-refractivity contribution in [2.24, 2.45) is 0 Å². The highest BCUT2D eigenvalue weighted by atomic mass is 16.5. The topological polar surface area (TPSA) is 58.6 Å². The standard InChI is InChI=1S/C19H20N2O3/c1-21-16-10-9-15(12-14(16)8-11-17(21)22)20-19(23)18(24-2)13-6-4-3-5-7-13/h3-7,9-10,12,18H,8,11H2,1-2H3,(H,20,23)/t18-/m0/s1. The summed E-state index contributed by atoms with van der Waals surface area (Å²) in [5, 5.41) is 2.90. The van der Waals surface area contributed by atoms with Crippen LogP contribution in [0, 0.1) is 0 Å². The van der Waals surface area contributed by atoms with Crippen molar-refractivity contribution < 1.29 is 14.3 Å². The van der Waals surface area contributed by atoms with E-state index < -0.39 is 6.10 Å². The van der Waals surface area contributed by atoms with Gasteiger partial charge in [0.05, 0.1) is 0 Å². The normalized spacial score (nSPS) is 14.9. The lowest BCUT2D eigenvalue weighted by Gasteiger charge is -2.26. The van der Waals surface area contributed by atoms with E-state index in [2.05, 4.69) is 5.32 Å². The maximum absolute atomic E-state index is 12.5. The van der Waals surface area contributed by atoms with Crippen LogP contribution in [0.15, 0.2) is 48.5 Å². The first-order valence-electron chi connectivity index (χ1n) is 7.88. The van der Waals surface area contributed by atoms with Gasteiger partial charge in [0.15, 0.2) is 6.10 Å². The highest BCUT2D eigenvalue weighted by molar-refractivity contribution is 5.98. The lowest BCUT2D eigenvalue weighted by Crippen LogP contribution is -2.31. The molecule has 2 amide bonds. The summed E-state index contributed by atoms with van der Waals surface area (Å²) >= 11 is 0. The smallest absolute Gasteiger partial charge is 0.258 e. The lowest BCUT2D eigenvalue weighted by atomic mass is 10.0. The van der Waals surface area contributed by atoms with Crippen molar-refractivity contribution in [2.75, 3.05) is 24.4 Å². The van der Waals surface area contributed by atoms with E-state index in [0.717, 1.165) is 16.8 Å². The number of ether oxygens (including phenoxy) is 1. The van der Waals surface area contributed by atoms with Crippen molar-refractivity contribution in [3.8, 4) is 0 Å². The quantitative estimate of drug-likeness (QED) is 0.941. The van der Waals surface area contributed by atoms with Crippen molar-refractivity contribution in [1.82, 2.24) is 0 Å². The summed E-state index contributed by atoms with van der Waals surface area (Å²) in [5.41, 5.74) is 3.47. The number of carbonyl (C=O) groups excluding carboxylic acids is 2. The number of hydrogen-bond donors (Lipinski definition) is 1. The number of fused-ring (bicyclic) bond motifs is 1. The van der Waals surface area contributed by atoms with Gasteiger partial charge in [-0.05, 0) is 35.7 Å². The van der Waals surface area contributed by atoms with Crippen LogP contribution in [0.25, 0.3) is 0 Å². The van der Waals surface area contributed by atoms with Gasteiger partial charge in [-0.15, -0.1) is 0 Å². The van der Waals surface area contributed by atoms with Gasteiger partial charge in [-0.2, -0.15) is 0 Å². The summed E-state index contributed by atoms with van der Waals surface area (Å²) in [6, 6.07) is 15.0. The zero-order chi connectivity index (χ0) is 17.1. The molecule has 0 unspecified atom stereocenters. The molecule has 2 aromatic carbocycles. The molecule has 1 aliphatic heterocycles. The molecule has 1 N–H and O–H groups in total. The van der Waals surface area contributed by atoms with Crippen molar-refractivity contribution in [3.05, 3.63) is 59.7 Å². The Kier molecular flexibility index (Phi) is 4.62. The largest absolute Gasteiger partial charge is 0.367 e. The third-order valence-corrected chi connectivity index (χ3v) is 4.27. The average Bonchev–Trinajstić information content (AvgIpc) is 2.60. The van der Waals surface area contributed by atoms with Crippen molar-refractivity contribution >= 4 is 23.2 Å². The molecule has 0 spiro atoms. The summed E-state index contributed by atoms with van der Waals surface area (Å²) in [4.78, 5) is 25.9. The number of nitrogens with one attached hydrogen (secondary N) is 1. The molecule has 0 aromatic heterocycles. The Morgan fingerprint density at radius 3 is 2.62 bits per heavy atom. The Hall–Kier alpha value is -2.66. The third-order valence-electron chi connectivity index (χ3n) is 4.27. The van der Waals surface area contributed by atoms with E-state index in [1.165, 1.54) is 7.11 Å².